The van der Waals surface area contributed by atoms with Crippen LogP contribution < -0.4 is 11.4 Å². The lowest BCUT2D eigenvalue weighted by atomic mass is 10.2. The third-order valence-electron chi connectivity index (χ3n) is 5.42. The number of nitro groups is 2. The van der Waals surface area contributed by atoms with Gasteiger partial charge >= 0.3 is 11.4 Å². The van der Waals surface area contributed by atoms with E-state index in [4.69, 9.17) is 25.7 Å². The number of imidazole rings is 2. The Morgan fingerprint density at radius 3 is 1.13 bits per heavy atom. The van der Waals surface area contributed by atoms with Crippen LogP contribution in [0.5, 0.6) is 0 Å². The first-order chi connectivity index (χ1) is 18.2. The topological polar surface area (TPSA) is 140 Å². The minimum absolute atomic E-state index is 0.0358. The van der Waals surface area contributed by atoms with E-state index in [2.05, 4.69) is 23.7 Å². The first kappa shape index (κ1) is 26.6. The summed E-state index contributed by atoms with van der Waals surface area (Å²) in [5.41, 5.74) is 0.942. The predicted molar refractivity (Wildman–Crippen MR) is 141 cm³/mol. The van der Waals surface area contributed by atoms with Gasteiger partial charge in [0.1, 0.15) is 0 Å². The molecule has 2 heterocycles. The molecule has 4 rings (SSSR count). The summed E-state index contributed by atoms with van der Waals surface area (Å²) < 4.78 is 5.30. The van der Waals surface area contributed by atoms with Gasteiger partial charge in [0.25, 0.3) is 11.4 Å². The lowest BCUT2D eigenvalue weighted by Gasteiger charge is -1.97. The summed E-state index contributed by atoms with van der Waals surface area (Å²) in [5, 5.41) is 21.5. The quantitative estimate of drug-likeness (QED) is 0.221. The monoisotopic (exact) mass is 510 g/mol. The Kier molecular flexibility index (Phi) is 7.83. The molecule has 12 nitrogen and oxygen atoms in total. The Bertz CT molecular complexity index is 1740. The van der Waals surface area contributed by atoms with E-state index in [-0.39, 0.29) is 48.9 Å². The standard InChI is InChI=1S/2C13H9N3O3/c2*1-3-7-14-11-6-5-10(16(18)19)9-12(11)15(8-4-2)13(14)17/h2*1-2,5-6,9H,7-8H2. The summed E-state index contributed by atoms with van der Waals surface area (Å²) in [6, 6.07) is 8.30. The third kappa shape index (κ3) is 4.87. The average molecular weight is 510 g/mol. The Morgan fingerprint density at radius 1 is 0.579 bits per heavy atom. The second-order valence-electron chi connectivity index (χ2n) is 7.59. The minimum Gasteiger partial charge on any atom is -0.280 e. The summed E-state index contributed by atoms with van der Waals surface area (Å²) in [6.45, 7) is 0.248. The lowest BCUT2D eigenvalue weighted by molar-refractivity contribution is -0.384. The van der Waals surface area contributed by atoms with Crippen LogP contribution in [0.1, 0.15) is 0 Å². The number of hydrogen-bond donors (Lipinski definition) is 0. The predicted octanol–water partition coefficient (Wildman–Crippen LogP) is 1.96. The van der Waals surface area contributed by atoms with Gasteiger partial charge in [-0.25, -0.2) is 9.59 Å². The van der Waals surface area contributed by atoms with Gasteiger partial charge in [-0.05, 0) is 12.1 Å². The molecule has 2 aromatic carbocycles. The molecule has 2 aromatic heterocycles. The van der Waals surface area contributed by atoms with Gasteiger partial charge in [-0.15, -0.1) is 25.7 Å². The molecule has 0 aliphatic carbocycles. The van der Waals surface area contributed by atoms with Gasteiger partial charge in [0.15, 0.2) is 0 Å². The number of fused-ring (bicyclic) bond motifs is 2. The number of terminal acetylenes is 4. The van der Waals surface area contributed by atoms with Crippen molar-refractivity contribution in [3.63, 3.8) is 0 Å². The molecule has 0 bridgehead atoms. The maximum atomic E-state index is 12.1. The van der Waals surface area contributed by atoms with E-state index in [1.165, 1.54) is 54.7 Å². The van der Waals surface area contributed by atoms with Crippen LogP contribution in [0.3, 0.4) is 0 Å². The van der Waals surface area contributed by atoms with Crippen molar-refractivity contribution in [1.29, 1.82) is 0 Å². The Labute approximate surface area is 215 Å². The summed E-state index contributed by atoms with van der Waals surface area (Å²) >= 11 is 0. The Hall–Kier alpha value is -5.98. The fourth-order valence-electron chi connectivity index (χ4n) is 3.82. The molecule has 0 aliphatic heterocycles. The number of rotatable bonds is 6. The molecular weight excluding hydrogens is 492 g/mol. The molecular formula is C26H18N6O6. The van der Waals surface area contributed by atoms with Crippen LogP contribution in [0.25, 0.3) is 22.1 Å². The number of aromatic nitrogens is 4. The van der Waals surface area contributed by atoms with Gasteiger partial charge in [0.2, 0.25) is 0 Å². The summed E-state index contributed by atoms with van der Waals surface area (Å²) in [7, 11) is 0. The van der Waals surface area contributed by atoms with Crippen molar-refractivity contribution >= 4 is 33.4 Å². The van der Waals surface area contributed by atoms with Gasteiger partial charge in [-0.2, -0.15) is 0 Å². The van der Waals surface area contributed by atoms with Crippen molar-refractivity contribution in [2.45, 2.75) is 26.2 Å². The molecule has 188 valence electrons. The maximum absolute atomic E-state index is 12.1. The van der Waals surface area contributed by atoms with Crippen LogP contribution in [-0.2, 0) is 26.2 Å². The highest BCUT2D eigenvalue weighted by Crippen LogP contribution is 2.21. The number of nitrogens with zero attached hydrogens (tertiary/aromatic N) is 6. The second kappa shape index (κ2) is 11.2. The molecule has 0 fully saturated rings. The average Bonchev–Trinajstić information content (AvgIpc) is 3.30. The maximum Gasteiger partial charge on any atom is 0.330 e. The molecule has 0 unspecified atom stereocenters. The number of hydrogen-bond acceptors (Lipinski definition) is 6. The van der Waals surface area contributed by atoms with Crippen molar-refractivity contribution in [3.05, 3.63) is 77.6 Å². The zero-order valence-electron chi connectivity index (χ0n) is 19.7. The zero-order chi connectivity index (χ0) is 28.0. The number of nitro benzene ring substituents is 2. The highest BCUT2D eigenvalue weighted by molar-refractivity contribution is 5.80. The molecule has 0 radical (unpaired) electrons. The second-order valence-corrected chi connectivity index (χ2v) is 7.59. The molecule has 0 aliphatic rings. The van der Waals surface area contributed by atoms with Crippen molar-refractivity contribution in [1.82, 2.24) is 18.3 Å². The minimum atomic E-state index is -0.525. The Morgan fingerprint density at radius 2 is 0.868 bits per heavy atom. The van der Waals surface area contributed by atoms with Gasteiger partial charge < -0.3 is 0 Å². The zero-order valence-corrected chi connectivity index (χ0v) is 19.7. The molecule has 38 heavy (non-hydrogen) atoms. The van der Waals surface area contributed by atoms with Crippen LogP contribution >= 0.6 is 0 Å². The normalized spacial score (nSPS) is 10.0. The van der Waals surface area contributed by atoms with E-state index in [9.17, 15) is 29.8 Å². The summed E-state index contributed by atoms with van der Waals surface area (Å²) in [6.07, 6.45) is 20.8. The van der Waals surface area contributed by atoms with E-state index in [0.29, 0.717) is 22.1 Å². The largest absolute Gasteiger partial charge is 0.330 e. The SMILES string of the molecule is C#CCn1c(=O)n(CC#C)c2cc([N+](=O)[O-])ccc21.C#CCn1c(=O)n(CC#C)c2cc([N+](=O)[O-])ccc21. The molecule has 0 spiro atoms. The van der Waals surface area contributed by atoms with E-state index >= 15 is 0 Å². The first-order valence-electron chi connectivity index (χ1n) is 10.7. The molecule has 4 aromatic rings. The van der Waals surface area contributed by atoms with Crippen LogP contribution in [-0.4, -0.2) is 28.1 Å². The number of non-ortho nitro benzene ring substituents is 2. The third-order valence-corrected chi connectivity index (χ3v) is 5.42. The summed E-state index contributed by atoms with van der Waals surface area (Å²) in [5.74, 6) is 9.45. The van der Waals surface area contributed by atoms with Crippen molar-refractivity contribution < 1.29 is 9.85 Å². The molecule has 12 heteroatoms. The first-order valence-corrected chi connectivity index (χ1v) is 10.7. The molecule has 0 amide bonds. The molecule has 0 saturated heterocycles. The highest BCUT2D eigenvalue weighted by Gasteiger charge is 2.17. The van der Waals surface area contributed by atoms with Crippen molar-refractivity contribution in [3.8, 4) is 49.4 Å². The van der Waals surface area contributed by atoms with Crippen LogP contribution in [0.2, 0.25) is 0 Å². The van der Waals surface area contributed by atoms with E-state index in [0.717, 1.165) is 0 Å². The van der Waals surface area contributed by atoms with Crippen LogP contribution in [0.15, 0.2) is 46.0 Å². The van der Waals surface area contributed by atoms with Gasteiger partial charge in [-0.3, -0.25) is 38.5 Å². The molecule has 0 saturated carbocycles. The highest BCUT2D eigenvalue weighted by atomic mass is 16.6. The fraction of sp³-hybridized carbons (Fsp3) is 0.154. The van der Waals surface area contributed by atoms with E-state index < -0.39 is 9.85 Å². The van der Waals surface area contributed by atoms with E-state index in [1.807, 2.05) is 0 Å². The fourth-order valence-corrected chi connectivity index (χ4v) is 3.82. The number of benzene rings is 2. The van der Waals surface area contributed by atoms with Gasteiger partial charge in [0, 0.05) is 24.3 Å². The van der Waals surface area contributed by atoms with Crippen LogP contribution in [0, 0.1) is 69.6 Å². The van der Waals surface area contributed by atoms with E-state index in [1.54, 1.807) is 0 Å². The summed E-state index contributed by atoms with van der Waals surface area (Å²) in [4.78, 5) is 44.7. The Balaban J connectivity index is 0.000000211. The van der Waals surface area contributed by atoms with Crippen LogP contribution in [0.4, 0.5) is 11.4 Å². The van der Waals surface area contributed by atoms with Crippen molar-refractivity contribution in [2.75, 3.05) is 0 Å². The van der Waals surface area contributed by atoms with Crippen molar-refractivity contribution in [2.24, 2.45) is 0 Å². The lowest BCUT2D eigenvalue weighted by Crippen LogP contribution is -2.23. The van der Waals surface area contributed by atoms with Gasteiger partial charge in [-0.1, -0.05) is 23.7 Å². The smallest absolute Gasteiger partial charge is 0.280 e. The van der Waals surface area contributed by atoms with Gasteiger partial charge in [0.05, 0.1) is 58.1 Å². The molecule has 0 atom stereocenters. The molecule has 0 N–H and O–H groups in total.